The number of aryl methyl sites for hydroxylation is 2. The molecule has 4 heterocycles. The smallest absolute Gasteiger partial charge is 0.265 e. The Morgan fingerprint density at radius 1 is 1.32 bits per heavy atom. The molecule has 156 valence electrons. The van der Waals surface area contributed by atoms with Gasteiger partial charge in [-0.2, -0.15) is 0 Å². The Labute approximate surface area is 171 Å². The standard InChI is InChI=1S/C21H33N3O3S/c1-14-4-7-23(12-18(14)25)11-17-10-21(13-27-17)5-8-24(9-6-21)20(26)19-15(2)22-16(3)28-19/h14,17-18,25H,4-13H2,1-3H3/t14-,17-,18-/m1/s1. The van der Waals surface area contributed by atoms with E-state index in [9.17, 15) is 9.90 Å². The van der Waals surface area contributed by atoms with E-state index >= 15 is 0 Å². The van der Waals surface area contributed by atoms with Gasteiger partial charge in [0.05, 0.1) is 29.5 Å². The highest BCUT2D eigenvalue weighted by atomic mass is 32.1. The molecule has 0 aliphatic carbocycles. The molecule has 7 heteroatoms. The summed E-state index contributed by atoms with van der Waals surface area (Å²) in [4.78, 5) is 22.4. The lowest BCUT2D eigenvalue weighted by Gasteiger charge is -2.39. The van der Waals surface area contributed by atoms with Crippen LogP contribution in [0.5, 0.6) is 0 Å². The molecule has 3 saturated heterocycles. The molecule has 0 radical (unpaired) electrons. The first-order valence-electron chi connectivity index (χ1n) is 10.6. The largest absolute Gasteiger partial charge is 0.392 e. The zero-order chi connectivity index (χ0) is 19.9. The molecule has 4 rings (SSSR count). The normalized spacial score (nSPS) is 30.9. The molecule has 1 aromatic rings. The van der Waals surface area contributed by atoms with E-state index in [1.165, 1.54) is 11.3 Å². The Morgan fingerprint density at radius 3 is 2.71 bits per heavy atom. The number of carbonyl (C=O) groups excluding carboxylic acids is 1. The van der Waals surface area contributed by atoms with Gasteiger partial charge in [0.15, 0.2) is 0 Å². The van der Waals surface area contributed by atoms with Gasteiger partial charge < -0.3 is 14.7 Å². The van der Waals surface area contributed by atoms with Gasteiger partial charge in [0.25, 0.3) is 5.91 Å². The molecule has 1 amide bonds. The molecule has 0 bridgehead atoms. The predicted octanol–water partition coefficient (Wildman–Crippen LogP) is 2.47. The molecule has 6 nitrogen and oxygen atoms in total. The van der Waals surface area contributed by atoms with Gasteiger partial charge in [-0.3, -0.25) is 9.69 Å². The fourth-order valence-electron chi connectivity index (χ4n) is 4.99. The van der Waals surface area contributed by atoms with E-state index in [0.29, 0.717) is 5.92 Å². The maximum atomic E-state index is 12.9. The monoisotopic (exact) mass is 407 g/mol. The third-order valence-corrected chi connectivity index (χ3v) is 8.02. The molecule has 1 N–H and O–H groups in total. The zero-order valence-corrected chi connectivity index (χ0v) is 18.1. The second-order valence-corrected chi connectivity index (χ2v) is 10.4. The highest BCUT2D eigenvalue weighted by molar-refractivity contribution is 7.13. The number of aliphatic hydroxyl groups excluding tert-OH is 1. The number of hydrogen-bond donors (Lipinski definition) is 1. The number of aromatic nitrogens is 1. The van der Waals surface area contributed by atoms with Crippen molar-refractivity contribution in [1.29, 1.82) is 0 Å². The number of thiazole rings is 1. The van der Waals surface area contributed by atoms with Crippen LogP contribution in [0.3, 0.4) is 0 Å². The minimum Gasteiger partial charge on any atom is -0.392 e. The van der Waals surface area contributed by atoms with E-state index in [0.717, 1.165) is 80.6 Å². The number of aliphatic hydroxyl groups is 1. The van der Waals surface area contributed by atoms with E-state index in [1.807, 2.05) is 18.7 Å². The van der Waals surface area contributed by atoms with Crippen molar-refractivity contribution in [2.45, 2.75) is 58.7 Å². The lowest BCUT2D eigenvalue weighted by Crippen LogP contribution is -2.46. The summed E-state index contributed by atoms with van der Waals surface area (Å²) in [7, 11) is 0. The fourth-order valence-corrected chi connectivity index (χ4v) is 5.87. The Bertz CT molecular complexity index is 714. The maximum Gasteiger partial charge on any atom is 0.265 e. The number of carbonyl (C=O) groups is 1. The van der Waals surface area contributed by atoms with Crippen molar-refractivity contribution in [3.05, 3.63) is 15.6 Å². The van der Waals surface area contributed by atoms with E-state index in [4.69, 9.17) is 4.74 Å². The minimum atomic E-state index is -0.211. The van der Waals surface area contributed by atoms with Crippen LogP contribution in [0.4, 0.5) is 0 Å². The Kier molecular flexibility index (Phi) is 5.80. The second kappa shape index (κ2) is 8.01. The van der Waals surface area contributed by atoms with Crippen molar-refractivity contribution in [2.75, 3.05) is 39.3 Å². The molecule has 3 fully saturated rings. The van der Waals surface area contributed by atoms with Crippen molar-refractivity contribution in [3.63, 3.8) is 0 Å². The topological polar surface area (TPSA) is 65.9 Å². The van der Waals surface area contributed by atoms with Crippen LogP contribution in [-0.2, 0) is 4.74 Å². The molecule has 0 aromatic carbocycles. The quantitative estimate of drug-likeness (QED) is 0.834. The second-order valence-electron chi connectivity index (χ2n) is 9.17. The van der Waals surface area contributed by atoms with Crippen LogP contribution in [0.1, 0.15) is 53.0 Å². The van der Waals surface area contributed by atoms with E-state index in [-0.39, 0.29) is 23.5 Å². The Hall–Kier alpha value is -1.02. The van der Waals surface area contributed by atoms with Crippen molar-refractivity contribution in [2.24, 2.45) is 11.3 Å². The predicted molar refractivity (Wildman–Crippen MR) is 110 cm³/mol. The van der Waals surface area contributed by atoms with Gasteiger partial charge in [0.1, 0.15) is 4.88 Å². The van der Waals surface area contributed by atoms with Crippen LogP contribution < -0.4 is 0 Å². The molecule has 3 aliphatic rings. The first-order chi connectivity index (χ1) is 13.3. The Balaban J connectivity index is 1.29. The van der Waals surface area contributed by atoms with Gasteiger partial charge in [0, 0.05) is 26.2 Å². The van der Waals surface area contributed by atoms with Crippen molar-refractivity contribution in [1.82, 2.24) is 14.8 Å². The molecule has 0 unspecified atom stereocenters. The van der Waals surface area contributed by atoms with Crippen LogP contribution in [-0.4, -0.2) is 77.3 Å². The van der Waals surface area contributed by atoms with Gasteiger partial charge in [-0.1, -0.05) is 6.92 Å². The number of hydrogen-bond acceptors (Lipinski definition) is 6. The molecular weight excluding hydrogens is 374 g/mol. The average molecular weight is 408 g/mol. The number of rotatable bonds is 3. The summed E-state index contributed by atoms with van der Waals surface area (Å²) in [5.74, 6) is 0.546. The SMILES string of the molecule is Cc1nc(C)c(C(=O)N2CCC3(CC2)CO[C@@H](CN2CC[C@@H](C)[C@H](O)C2)C3)s1. The van der Waals surface area contributed by atoms with Gasteiger partial charge in [0.2, 0.25) is 0 Å². The fraction of sp³-hybridized carbons (Fsp3) is 0.810. The van der Waals surface area contributed by atoms with Crippen LogP contribution in [0, 0.1) is 25.2 Å². The highest BCUT2D eigenvalue weighted by Gasteiger charge is 2.44. The first-order valence-corrected chi connectivity index (χ1v) is 11.4. The number of nitrogens with zero attached hydrogens (tertiary/aromatic N) is 3. The molecular formula is C21H33N3O3S. The van der Waals surface area contributed by atoms with Crippen molar-refractivity contribution < 1.29 is 14.6 Å². The number of likely N-dealkylation sites (tertiary alicyclic amines) is 2. The molecule has 28 heavy (non-hydrogen) atoms. The number of piperidine rings is 2. The Morgan fingerprint density at radius 2 is 2.07 bits per heavy atom. The third kappa shape index (κ3) is 4.13. The maximum absolute atomic E-state index is 12.9. The summed E-state index contributed by atoms with van der Waals surface area (Å²) in [6, 6.07) is 0. The van der Waals surface area contributed by atoms with Gasteiger partial charge in [-0.25, -0.2) is 4.98 Å². The van der Waals surface area contributed by atoms with Gasteiger partial charge in [-0.15, -0.1) is 11.3 Å². The lowest BCUT2D eigenvalue weighted by atomic mass is 9.76. The first kappa shape index (κ1) is 20.3. The highest BCUT2D eigenvalue weighted by Crippen LogP contribution is 2.42. The van der Waals surface area contributed by atoms with Crippen LogP contribution in [0.2, 0.25) is 0 Å². The molecule has 1 aromatic heterocycles. The molecule has 3 atom stereocenters. The van der Waals surface area contributed by atoms with E-state index in [2.05, 4.69) is 16.8 Å². The van der Waals surface area contributed by atoms with Crippen LogP contribution in [0.15, 0.2) is 0 Å². The van der Waals surface area contributed by atoms with Crippen LogP contribution >= 0.6 is 11.3 Å². The molecule has 0 saturated carbocycles. The summed E-state index contributed by atoms with van der Waals surface area (Å²) in [6.07, 6.45) is 4.23. The van der Waals surface area contributed by atoms with E-state index in [1.54, 1.807) is 0 Å². The summed E-state index contributed by atoms with van der Waals surface area (Å²) >= 11 is 1.51. The number of ether oxygens (including phenoxy) is 1. The molecule has 1 spiro atoms. The van der Waals surface area contributed by atoms with E-state index < -0.39 is 0 Å². The molecule has 3 aliphatic heterocycles. The summed E-state index contributed by atoms with van der Waals surface area (Å²) < 4.78 is 6.18. The van der Waals surface area contributed by atoms with Gasteiger partial charge >= 0.3 is 0 Å². The van der Waals surface area contributed by atoms with Crippen LogP contribution in [0.25, 0.3) is 0 Å². The number of amides is 1. The number of β-amino-alcohol motifs (C(OH)–C–C–N with tert-alkyl or cyclic N) is 1. The lowest BCUT2D eigenvalue weighted by molar-refractivity contribution is 0.000910. The summed E-state index contributed by atoms with van der Waals surface area (Å²) in [5, 5.41) is 11.1. The van der Waals surface area contributed by atoms with Gasteiger partial charge in [-0.05, 0) is 57.4 Å². The van der Waals surface area contributed by atoms with Crippen molar-refractivity contribution >= 4 is 17.2 Å². The minimum absolute atomic E-state index is 0.143. The summed E-state index contributed by atoms with van der Waals surface area (Å²) in [6.45, 7) is 11.2. The third-order valence-electron chi connectivity index (χ3n) is 6.96. The van der Waals surface area contributed by atoms with Crippen molar-refractivity contribution in [3.8, 4) is 0 Å². The zero-order valence-electron chi connectivity index (χ0n) is 17.3. The average Bonchev–Trinajstić information content (AvgIpc) is 3.21. The summed E-state index contributed by atoms with van der Waals surface area (Å²) in [5.41, 5.74) is 1.08.